The first-order valence-electron chi connectivity index (χ1n) is 8.48. The first-order valence-corrected chi connectivity index (χ1v) is 10.7. The fourth-order valence-corrected chi connectivity index (χ4v) is 5.70. The van der Waals surface area contributed by atoms with E-state index >= 15 is 0 Å². The number of nitrogens with zero attached hydrogens (tertiary/aromatic N) is 2. The van der Waals surface area contributed by atoms with Gasteiger partial charge in [-0.2, -0.15) is 4.31 Å². The zero-order chi connectivity index (χ0) is 19.1. The molecule has 26 heavy (non-hydrogen) atoms. The number of piperazine rings is 1. The van der Waals surface area contributed by atoms with E-state index < -0.39 is 10.0 Å². The molecule has 7 heteroatoms. The van der Waals surface area contributed by atoms with Gasteiger partial charge in [-0.25, -0.2) is 8.42 Å². The van der Waals surface area contributed by atoms with Gasteiger partial charge < -0.3 is 4.90 Å². The number of anilines is 1. The molecular formula is C19H22Cl2N2O2S. The van der Waals surface area contributed by atoms with Crippen LogP contribution in [0.3, 0.4) is 0 Å². The largest absolute Gasteiger partial charge is 0.369 e. The van der Waals surface area contributed by atoms with Crippen LogP contribution in [0.4, 0.5) is 5.69 Å². The third-order valence-corrected chi connectivity index (χ3v) is 7.65. The molecule has 1 heterocycles. The number of hydrogen-bond acceptors (Lipinski definition) is 3. The second-order valence-electron chi connectivity index (χ2n) is 6.72. The Balaban J connectivity index is 1.80. The van der Waals surface area contributed by atoms with Crippen molar-refractivity contribution in [3.05, 3.63) is 57.1 Å². The average molecular weight is 413 g/mol. The Labute approximate surface area is 165 Å². The molecule has 0 spiro atoms. The Morgan fingerprint density at radius 2 is 1.42 bits per heavy atom. The highest BCUT2D eigenvalue weighted by Gasteiger charge is 2.31. The Bertz CT molecular complexity index is 914. The molecule has 0 saturated carbocycles. The molecule has 0 amide bonds. The summed E-state index contributed by atoms with van der Waals surface area (Å²) in [6, 6.07) is 9.34. The van der Waals surface area contributed by atoms with Crippen molar-refractivity contribution in [3.8, 4) is 0 Å². The van der Waals surface area contributed by atoms with Gasteiger partial charge in [0.1, 0.15) is 0 Å². The van der Waals surface area contributed by atoms with Crippen LogP contribution in [0, 0.1) is 20.8 Å². The Morgan fingerprint density at radius 3 is 1.96 bits per heavy atom. The Morgan fingerprint density at radius 1 is 0.846 bits per heavy atom. The summed E-state index contributed by atoms with van der Waals surface area (Å²) in [4.78, 5) is 2.56. The lowest BCUT2D eigenvalue weighted by Gasteiger charge is -2.36. The van der Waals surface area contributed by atoms with Crippen molar-refractivity contribution >= 4 is 38.9 Å². The SMILES string of the molecule is Cc1cc(C)c(S(=O)(=O)N2CCN(c3ccc(Cl)c(Cl)c3)CC2)c(C)c1. The molecule has 0 aromatic heterocycles. The average Bonchev–Trinajstić information content (AvgIpc) is 2.56. The summed E-state index contributed by atoms with van der Waals surface area (Å²) >= 11 is 12.1. The van der Waals surface area contributed by atoms with Crippen molar-refractivity contribution in [2.75, 3.05) is 31.1 Å². The first kappa shape index (κ1) is 19.5. The van der Waals surface area contributed by atoms with Crippen molar-refractivity contribution in [1.82, 2.24) is 4.31 Å². The van der Waals surface area contributed by atoms with Gasteiger partial charge in [0, 0.05) is 31.9 Å². The van der Waals surface area contributed by atoms with Crippen molar-refractivity contribution in [1.29, 1.82) is 0 Å². The molecule has 0 bridgehead atoms. The molecule has 1 saturated heterocycles. The van der Waals surface area contributed by atoms with E-state index in [1.807, 2.05) is 45.0 Å². The predicted molar refractivity (Wildman–Crippen MR) is 108 cm³/mol. The molecular weight excluding hydrogens is 391 g/mol. The molecule has 0 atom stereocenters. The maximum absolute atomic E-state index is 13.2. The van der Waals surface area contributed by atoms with E-state index in [0.29, 0.717) is 41.1 Å². The zero-order valence-electron chi connectivity index (χ0n) is 15.1. The lowest BCUT2D eigenvalue weighted by Crippen LogP contribution is -2.48. The summed E-state index contributed by atoms with van der Waals surface area (Å²) in [6.45, 7) is 7.80. The van der Waals surface area contributed by atoms with Gasteiger partial charge in [0.25, 0.3) is 0 Å². The zero-order valence-corrected chi connectivity index (χ0v) is 17.4. The van der Waals surface area contributed by atoms with Crippen LogP contribution in [0.15, 0.2) is 35.2 Å². The van der Waals surface area contributed by atoms with Crippen molar-refractivity contribution in [2.24, 2.45) is 0 Å². The molecule has 0 N–H and O–H groups in total. The van der Waals surface area contributed by atoms with Gasteiger partial charge in [-0.1, -0.05) is 40.9 Å². The van der Waals surface area contributed by atoms with Gasteiger partial charge in [0.2, 0.25) is 10.0 Å². The normalized spacial score (nSPS) is 16.1. The molecule has 1 aliphatic rings. The molecule has 2 aromatic carbocycles. The minimum absolute atomic E-state index is 0.436. The summed E-state index contributed by atoms with van der Waals surface area (Å²) < 4.78 is 27.9. The van der Waals surface area contributed by atoms with E-state index in [0.717, 1.165) is 22.4 Å². The van der Waals surface area contributed by atoms with E-state index in [1.165, 1.54) is 0 Å². The summed E-state index contributed by atoms with van der Waals surface area (Å²) in [6.07, 6.45) is 0. The van der Waals surface area contributed by atoms with Crippen molar-refractivity contribution in [3.63, 3.8) is 0 Å². The van der Waals surface area contributed by atoms with Crippen LogP contribution in [-0.4, -0.2) is 38.9 Å². The van der Waals surface area contributed by atoms with E-state index in [9.17, 15) is 8.42 Å². The van der Waals surface area contributed by atoms with E-state index in [1.54, 1.807) is 10.4 Å². The summed E-state index contributed by atoms with van der Waals surface area (Å²) in [5, 5.41) is 1.02. The first-order chi connectivity index (χ1) is 12.2. The van der Waals surface area contributed by atoms with Gasteiger partial charge in [0.15, 0.2) is 0 Å². The molecule has 2 aromatic rings. The number of halogens is 2. The molecule has 0 radical (unpaired) electrons. The fourth-order valence-electron chi connectivity index (χ4n) is 3.57. The minimum Gasteiger partial charge on any atom is -0.369 e. The van der Waals surface area contributed by atoms with Crippen LogP contribution in [0.25, 0.3) is 0 Å². The predicted octanol–water partition coefficient (Wildman–Crippen LogP) is 4.43. The summed E-state index contributed by atoms with van der Waals surface area (Å²) in [7, 11) is -3.50. The van der Waals surface area contributed by atoms with E-state index in [2.05, 4.69) is 4.90 Å². The number of rotatable bonds is 3. The van der Waals surface area contributed by atoms with Gasteiger partial charge in [-0.05, 0) is 50.1 Å². The number of benzene rings is 2. The molecule has 3 rings (SSSR count). The fraction of sp³-hybridized carbons (Fsp3) is 0.368. The van der Waals surface area contributed by atoms with E-state index in [4.69, 9.17) is 23.2 Å². The lowest BCUT2D eigenvalue weighted by molar-refractivity contribution is 0.384. The standard InChI is InChI=1S/C19H22Cl2N2O2S/c1-13-10-14(2)19(15(3)11-13)26(24,25)23-8-6-22(7-9-23)16-4-5-17(20)18(21)12-16/h4-5,10-12H,6-9H2,1-3H3. The van der Waals surface area contributed by atoms with E-state index in [-0.39, 0.29) is 0 Å². The van der Waals surface area contributed by atoms with Crippen LogP contribution in [0.1, 0.15) is 16.7 Å². The monoisotopic (exact) mass is 412 g/mol. The minimum atomic E-state index is -3.50. The highest BCUT2D eigenvalue weighted by atomic mass is 35.5. The van der Waals surface area contributed by atoms with Gasteiger partial charge >= 0.3 is 0 Å². The lowest BCUT2D eigenvalue weighted by atomic mass is 10.1. The van der Waals surface area contributed by atoms with Crippen LogP contribution >= 0.6 is 23.2 Å². The second kappa shape index (κ2) is 7.39. The number of hydrogen-bond donors (Lipinski definition) is 0. The van der Waals surface area contributed by atoms with Gasteiger partial charge in [-0.15, -0.1) is 0 Å². The van der Waals surface area contributed by atoms with Gasteiger partial charge in [-0.3, -0.25) is 0 Å². The molecule has 140 valence electrons. The van der Waals surface area contributed by atoms with Crippen LogP contribution < -0.4 is 4.90 Å². The molecule has 0 unspecified atom stereocenters. The Hall–Kier alpha value is -1.27. The number of sulfonamides is 1. The van der Waals surface area contributed by atoms with Gasteiger partial charge in [0.05, 0.1) is 14.9 Å². The van der Waals surface area contributed by atoms with Crippen molar-refractivity contribution < 1.29 is 8.42 Å². The quantitative estimate of drug-likeness (QED) is 0.748. The summed E-state index contributed by atoms with van der Waals surface area (Å²) in [5.74, 6) is 0. The molecule has 4 nitrogen and oxygen atoms in total. The highest BCUT2D eigenvalue weighted by molar-refractivity contribution is 7.89. The third kappa shape index (κ3) is 3.72. The topological polar surface area (TPSA) is 40.6 Å². The second-order valence-corrected chi connectivity index (χ2v) is 9.41. The molecule has 1 aliphatic heterocycles. The maximum Gasteiger partial charge on any atom is 0.243 e. The van der Waals surface area contributed by atoms with Crippen molar-refractivity contribution in [2.45, 2.75) is 25.7 Å². The van der Waals surface area contributed by atoms with Crippen LogP contribution in [0.2, 0.25) is 10.0 Å². The Kier molecular flexibility index (Phi) is 5.54. The van der Waals surface area contributed by atoms with Crippen LogP contribution in [-0.2, 0) is 10.0 Å². The highest BCUT2D eigenvalue weighted by Crippen LogP contribution is 2.30. The molecule has 0 aliphatic carbocycles. The smallest absolute Gasteiger partial charge is 0.243 e. The maximum atomic E-state index is 13.2. The van der Waals surface area contributed by atoms with Crippen LogP contribution in [0.5, 0.6) is 0 Å². The summed E-state index contributed by atoms with van der Waals surface area (Å²) in [5.41, 5.74) is 3.63. The third-order valence-electron chi connectivity index (χ3n) is 4.71. The molecule has 1 fully saturated rings. The number of aryl methyl sites for hydroxylation is 3.